The van der Waals surface area contributed by atoms with Crippen molar-refractivity contribution in [3.05, 3.63) is 48.2 Å². The summed E-state index contributed by atoms with van der Waals surface area (Å²) >= 11 is 0. The number of aliphatic carboxylic acids is 1. The van der Waals surface area contributed by atoms with Gasteiger partial charge in [0.15, 0.2) is 0 Å². The van der Waals surface area contributed by atoms with E-state index in [1.54, 1.807) is 6.20 Å². The van der Waals surface area contributed by atoms with E-state index in [0.29, 0.717) is 6.42 Å². The molecule has 3 rings (SSSR count). The number of H-pyrrole nitrogens is 1. The van der Waals surface area contributed by atoms with Gasteiger partial charge in [-0.3, -0.25) is 4.79 Å². The zero-order chi connectivity index (χ0) is 20.8. The lowest BCUT2D eigenvalue weighted by atomic mass is 9.88. The second-order valence-corrected chi connectivity index (χ2v) is 7.91. The third kappa shape index (κ3) is 5.26. The molecule has 0 spiro atoms. The normalized spacial score (nSPS) is 22.9. The number of amides is 1. The van der Waals surface area contributed by atoms with Crippen LogP contribution in [0.15, 0.2) is 42.6 Å². The predicted octanol–water partition coefficient (Wildman–Crippen LogP) is 3.41. The number of hydrogen-bond acceptors (Lipinski definition) is 3. The molecule has 4 atom stereocenters. The fraction of sp³-hybridized carbons (Fsp3) is 0.478. The molecule has 1 aromatic heterocycles. The summed E-state index contributed by atoms with van der Waals surface area (Å²) in [6.45, 7) is 2.06. The molecule has 1 aliphatic carbocycles. The van der Waals surface area contributed by atoms with Gasteiger partial charge in [0.2, 0.25) is 5.91 Å². The van der Waals surface area contributed by atoms with E-state index in [1.165, 1.54) is 0 Å². The summed E-state index contributed by atoms with van der Waals surface area (Å²) in [4.78, 5) is 27.5. The van der Waals surface area contributed by atoms with Crippen molar-refractivity contribution in [3.63, 3.8) is 0 Å². The van der Waals surface area contributed by atoms with Crippen molar-refractivity contribution >= 4 is 22.8 Å². The molecule has 0 aliphatic heterocycles. The molecule has 4 unspecified atom stereocenters. The Morgan fingerprint density at radius 1 is 1.28 bits per heavy atom. The lowest BCUT2D eigenvalue weighted by Crippen LogP contribution is -2.43. The number of carbonyl (C=O) groups is 2. The Balaban J connectivity index is 1.62. The molecule has 1 fully saturated rings. The molecule has 1 heterocycles. The monoisotopic (exact) mass is 398 g/mol. The van der Waals surface area contributed by atoms with Crippen LogP contribution in [0, 0.1) is 11.8 Å². The van der Waals surface area contributed by atoms with Gasteiger partial charge < -0.3 is 20.5 Å². The summed E-state index contributed by atoms with van der Waals surface area (Å²) in [5, 5.41) is 23.5. The molecular formula is C23H30N2O4. The SMILES string of the molecule is CCC=CCC1C(O)CCC1CC(=O)NC(Cc1c[nH]c2ccccc12)C(=O)O. The lowest BCUT2D eigenvalue weighted by Gasteiger charge is -2.21. The van der Waals surface area contributed by atoms with Crippen molar-refractivity contribution in [1.29, 1.82) is 0 Å². The topological polar surface area (TPSA) is 102 Å². The van der Waals surface area contributed by atoms with Crippen molar-refractivity contribution in [2.75, 3.05) is 0 Å². The molecule has 4 N–H and O–H groups in total. The fourth-order valence-electron chi connectivity index (χ4n) is 4.36. The molecule has 2 aromatic rings. The van der Waals surface area contributed by atoms with Gasteiger partial charge in [0.25, 0.3) is 0 Å². The number of aromatic nitrogens is 1. The van der Waals surface area contributed by atoms with Gasteiger partial charge >= 0.3 is 5.97 Å². The molecule has 0 radical (unpaired) electrons. The molecule has 0 saturated heterocycles. The Labute approximate surface area is 171 Å². The quantitative estimate of drug-likeness (QED) is 0.486. The highest BCUT2D eigenvalue weighted by atomic mass is 16.4. The van der Waals surface area contributed by atoms with Crippen molar-refractivity contribution in [2.45, 2.75) is 57.6 Å². The van der Waals surface area contributed by atoms with Crippen molar-refractivity contribution in [2.24, 2.45) is 11.8 Å². The number of fused-ring (bicyclic) bond motifs is 1. The number of aromatic amines is 1. The van der Waals surface area contributed by atoms with Crippen LogP contribution in [0.5, 0.6) is 0 Å². The van der Waals surface area contributed by atoms with Crippen LogP contribution in [0.2, 0.25) is 0 Å². The average Bonchev–Trinajstić information content (AvgIpc) is 3.26. The van der Waals surface area contributed by atoms with Gasteiger partial charge in [-0.25, -0.2) is 4.79 Å². The summed E-state index contributed by atoms with van der Waals surface area (Å²) in [5.41, 5.74) is 1.81. The van der Waals surface area contributed by atoms with Gasteiger partial charge in [-0.15, -0.1) is 0 Å². The average molecular weight is 399 g/mol. The van der Waals surface area contributed by atoms with E-state index in [0.717, 1.165) is 35.7 Å². The highest BCUT2D eigenvalue weighted by Gasteiger charge is 2.35. The Kier molecular flexibility index (Phi) is 7.09. The first-order valence-corrected chi connectivity index (χ1v) is 10.4. The van der Waals surface area contributed by atoms with Crippen LogP contribution in [0.1, 0.15) is 44.6 Å². The highest BCUT2D eigenvalue weighted by Crippen LogP contribution is 2.37. The molecule has 6 nitrogen and oxygen atoms in total. The second kappa shape index (κ2) is 9.74. The van der Waals surface area contributed by atoms with E-state index >= 15 is 0 Å². The molecule has 1 saturated carbocycles. The maximum atomic E-state index is 12.6. The first-order chi connectivity index (χ1) is 14.0. The standard InChI is InChI=1S/C23H30N2O4/c1-2-3-4-8-18-15(10-11-21(18)26)13-22(27)25-20(23(28)29)12-16-14-24-19-9-6-5-7-17(16)19/h3-7,9,14-15,18,20-21,24,26H,2,8,10-13H2,1H3,(H,25,27)(H,28,29). The second-order valence-electron chi connectivity index (χ2n) is 7.91. The number of aliphatic hydroxyl groups is 1. The molecule has 6 heteroatoms. The van der Waals surface area contributed by atoms with Crippen LogP contribution in [-0.2, 0) is 16.0 Å². The number of allylic oxidation sites excluding steroid dienone is 2. The molecular weight excluding hydrogens is 368 g/mol. The smallest absolute Gasteiger partial charge is 0.326 e. The predicted molar refractivity (Wildman–Crippen MR) is 112 cm³/mol. The van der Waals surface area contributed by atoms with Crippen LogP contribution in [0.25, 0.3) is 10.9 Å². The van der Waals surface area contributed by atoms with E-state index in [9.17, 15) is 19.8 Å². The summed E-state index contributed by atoms with van der Waals surface area (Å²) in [6, 6.07) is 6.72. The van der Waals surface area contributed by atoms with Gasteiger partial charge in [-0.05, 0) is 49.1 Å². The number of para-hydroxylation sites is 1. The fourth-order valence-corrected chi connectivity index (χ4v) is 4.36. The van der Waals surface area contributed by atoms with Gasteiger partial charge in [0.1, 0.15) is 6.04 Å². The number of hydrogen-bond donors (Lipinski definition) is 4. The first-order valence-electron chi connectivity index (χ1n) is 10.4. The maximum absolute atomic E-state index is 12.6. The molecule has 1 amide bonds. The number of nitrogens with one attached hydrogen (secondary N) is 2. The minimum absolute atomic E-state index is 0.0560. The van der Waals surface area contributed by atoms with Gasteiger partial charge in [0, 0.05) is 29.9 Å². The third-order valence-corrected chi connectivity index (χ3v) is 5.92. The summed E-state index contributed by atoms with van der Waals surface area (Å²) < 4.78 is 0. The minimum atomic E-state index is -1.04. The molecule has 0 bridgehead atoms. The van der Waals surface area contributed by atoms with Gasteiger partial charge in [-0.2, -0.15) is 0 Å². The van der Waals surface area contributed by atoms with E-state index in [4.69, 9.17) is 0 Å². The van der Waals surface area contributed by atoms with Crippen LogP contribution >= 0.6 is 0 Å². The number of carboxylic acid groups (broad SMARTS) is 1. The molecule has 29 heavy (non-hydrogen) atoms. The number of aliphatic hydroxyl groups excluding tert-OH is 1. The lowest BCUT2D eigenvalue weighted by molar-refractivity contribution is -0.142. The van der Waals surface area contributed by atoms with Crippen molar-refractivity contribution in [1.82, 2.24) is 10.3 Å². The molecule has 156 valence electrons. The number of carbonyl (C=O) groups excluding carboxylic acids is 1. The van der Waals surface area contributed by atoms with Gasteiger partial charge in [0.05, 0.1) is 6.10 Å². The number of rotatable bonds is 9. The van der Waals surface area contributed by atoms with E-state index in [1.807, 2.05) is 24.3 Å². The number of benzene rings is 1. The van der Waals surface area contributed by atoms with Crippen LogP contribution in [0.4, 0.5) is 0 Å². The first kappa shape index (κ1) is 21.1. The van der Waals surface area contributed by atoms with Crippen molar-refractivity contribution in [3.8, 4) is 0 Å². The minimum Gasteiger partial charge on any atom is -0.480 e. The summed E-state index contributed by atoms with van der Waals surface area (Å²) in [7, 11) is 0. The third-order valence-electron chi connectivity index (χ3n) is 5.92. The summed E-state index contributed by atoms with van der Waals surface area (Å²) in [6.07, 6.45) is 9.21. The van der Waals surface area contributed by atoms with Crippen LogP contribution in [-0.4, -0.2) is 39.2 Å². The van der Waals surface area contributed by atoms with Crippen LogP contribution < -0.4 is 5.32 Å². The van der Waals surface area contributed by atoms with Crippen molar-refractivity contribution < 1.29 is 19.8 Å². The Morgan fingerprint density at radius 2 is 2.07 bits per heavy atom. The van der Waals surface area contributed by atoms with E-state index < -0.39 is 18.1 Å². The Morgan fingerprint density at radius 3 is 2.83 bits per heavy atom. The largest absolute Gasteiger partial charge is 0.480 e. The maximum Gasteiger partial charge on any atom is 0.326 e. The van der Waals surface area contributed by atoms with Gasteiger partial charge in [-0.1, -0.05) is 37.3 Å². The molecule has 1 aromatic carbocycles. The Bertz CT molecular complexity index is 873. The number of carboxylic acids is 1. The zero-order valence-electron chi connectivity index (χ0n) is 16.8. The molecule has 1 aliphatic rings. The zero-order valence-corrected chi connectivity index (χ0v) is 16.8. The summed E-state index contributed by atoms with van der Waals surface area (Å²) in [5.74, 6) is -1.17. The Hall–Kier alpha value is -2.60. The van der Waals surface area contributed by atoms with E-state index in [2.05, 4.69) is 29.4 Å². The highest BCUT2D eigenvalue weighted by molar-refractivity contribution is 5.86. The van der Waals surface area contributed by atoms with Crippen LogP contribution in [0.3, 0.4) is 0 Å². The van der Waals surface area contributed by atoms with E-state index in [-0.39, 0.29) is 30.6 Å².